The quantitative estimate of drug-likeness (QED) is 0.798. The third-order valence-electron chi connectivity index (χ3n) is 3.49. The number of nitrogens with one attached hydrogen (secondary N) is 1. The van der Waals surface area contributed by atoms with Crippen LogP contribution in [0, 0.1) is 0 Å². The van der Waals surface area contributed by atoms with E-state index in [1.807, 2.05) is 6.07 Å². The van der Waals surface area contributed by atoms with Crippen LogP contribution >= 0.6 is 0 Å². The minimum absolute atomic E-state index is 0.0225. The second kappa shape index (κ2) is 5.68. The molecule has 1 aliphatic rings. The lowest BCUT2D eigenvalue weighted by atomic mass is 10.0. The van der Waals surface area contributed by atoms with E-state index in [0.29, 0.717) is 18.5 Å². The molecule has 0 saturated carbocycles. The topological polar surface area (TPSA) is 106 Å². The van der Waals surface area contributed by atoms with E-state index in [2.05, 4.69) is 4.72 Å². The van der Waals surface area contributed by atoms with Gasteiger partial charge in [0, 0.05) is 12.1 Å². The Morgan fingerprint density at radius 2 is 2.00 bits per heavy atom. The van der Waals surface area contributed by atoms with Crippen LogP contribution in [-0.2, 0) is 32.2 Å². The van der Waals surface area contributed by atoms with Gasteiger partial charge in [-0.1, -0.05) is 24.3 Å². The summed E-state index contributed by atoms with van der Waals surface area (Å²) in [5.41, 5.74) is 6.11. The van der Waals surface area contributed by atoms with Crippen molar-refractivity contribution >= 4 is 19.9 Å². The molecule has 0 bridgehead atoms. The highest BCUT2D eigenvalue weighted by Gasteiger charge is 2.40. The molecular weight excluding hydrogens is 312 g/mol. The molecule has 1 aliphatic heterocycles. The fourth-order valence-electron chi connectivity index (χ4n) is 2.57. The van der Waals surface area contributed by atoms with Gasteiger partial charge in [-0.3, -0.25) is 0 Å². The zero-order valence-electron chi connectivity index (χ0n) is 11.9. The number of benzene rings is 1. The first-order valence-electron chi connectivity index (χ1n) is 6.63. The minimum atomic E-state index is -3.61. The highest BCUT2D eigenvalue weighted by Crippen LogP contribution is 2.24. The number of hydrogen-bond donors (Lipinski definition) is 2. The predicted octanol–water partition coefficient (Wildman–Crippen LogP) is 0.142. The van der Waals surface area contributed by atoms with E-state index in [4.69, 9.17) is 5.73 Å². The molecule has 21 heavy (non-hydrogen) atoms. The Labute approximate surface area is 125 Å². The van der Waals surface area contributed by atoms with E-state index < -0.39 is 25.4 Å². The first kappa shape index (κ1) is 16.4. The van der Waals surface area contributed by atoms with Crippen molar-refractivity contribution in [3.63, 3.8) is 0 Å². The molecule has 1 saturated heterocycles. The third-order valence-corrected chi connectivity index (χ3v) is 6.91. The fourth-order valence-corrected chi connectivity index (χ4v) is 6.37. The van der Waals surface area contributed by atoms with Crippen molar-refractivity contribution in [3.8, 4) is 0 Å². The van der Waals surface area contributed by atoms with Crippen LogP contribution in [0.15, 0.2) is 24.3 Å². The molecule has 1 heterocycles. The summed E-state index contributed by atoms with van der Waals surface area (Å²) in [5.74, 6) is -0.312. The van der Waals surface area contributed by atoms with Crippen LogP contribution in [0.25, 0.3) is 0 Å². The Kier molecular flexibility index (Phi) is 4.44. The fraction of sp³-hybridized carbons (Fsp3) is 0.538. The Morgan fingerprint density at radius 1 is 1.33 bits per heavy atom. The van der Waals surface area contributed by atoms with Gasteiger partial charge in [-0.2, -0.15) is 0 Å². The third kappa shape index (κ3) is 4.50. The molecule has 0 aromatic heterocycles. The number of sulfone groups is 1. The molecule has 0 spiro atoms. The summed E-state index contributed by atoms with van der Waals surface area (Å²) in [5, 5.41) is 0. The number of rotatable bonds is 5. The van der Waals surface area contributed by atoms with E-state index in [9.17, 15) is 16.8 Å². The summed E-state index contributed by atoms with van der Waals surface area (Å²) in [6.07, 6.45) is 0.303. The Balaban J connectivity index is 2.12. The molecular formula is C13H20N2O4S2. The Hall–Kier alpha value is -0.960. The Bertz CT molecular complexity index is 728. The van der Waals surface area contributed by atoms with E-state index in [1.54, 1.807) is 25.1 Å². The van der Waals surface area contributed by atoms with Gasteiger partial charge in [0.2, 0.25) is 10.0 Å². The maximum Gasteiger partial charge on any atom is 0.216 e. The number of sulfonamides is 1. The standard InChI is InChI=1S/C13H20N2O4S2/c1-13(5-6-20(16,17)10-13)15-21(18,19)9-12-4-2-3-11(7-12)8-14/h2-4,7,15H,5-6,8-10,14H2,1H3. The van der Waals surface area contributed by atoms with Gasteiger partial charge < -0.3 is 5.73 Å². The average molecular weight is 332 g/mol. The molecule has 0 aliphatic carbocycles. The molecule has 1 fully saturated rings. The van der Waals surface area contributed by atoms with Crippen LogP contribution in [-0.4, -0.2) is 33.9 Å². The summed E-state index contributed by atoms with van der Waals surface area (Å²) < 4.78 is 50.1. The molecule has 0 amide bonds. The summed E-state index contributed by atoms with van der Waals surface area (Å²) in [6.45, 7) is 1.97. The lowest BCUT2D eigenvalue weighted by Gasteiger charge is -2.23. The van der Waals surface area contributed by atoms with Gasteiger partial charge in [0.15, 0.2) is 9.84 Å². The minimum Gasteiger partial charge on any atom is -0.326 e. The summed E-state index contributed by atoms with van der Waals surface area (Å²) >= 11 is 0. The SMILES string of the molecule is CC1(NS(=O)(=O)Cc2cccc(CN)c2)CCS(=O)(=O)C1. The largest absolute Gasteiger partial charge is 0.326 e. The highest BCUT2D eigenvalue weighted by molar-refractivity contribution is 7.92. The first-order valence-corrected chi connectivity index (χ1v) is 10.1. The van der Waals surface area contributed by atoms with Gasteiger partial charge in [0.25, 0.3) is 0 Å². The van der Waals surface area contributed by atoms with E-state index in [0.717, 1.165) is 5.56 Å². The van der Waals surface area contributed by atoms with E-state index >= 15 is 0 Å². The maximum absolute atomic E-state index is 12.2. The molecule has 118 valence electrons. The van der Waals surface area contributed by atoms with Crippen molar-refractivity contribution in [1.82, 2.24) is 4.72 Å². The van der Waals surface area contributed by atoms with Crippen molar-refractivity contribution in [2.75, 3.05) is 11.5 Å². The van der Waals surface area contributed by atoms with Crippen LogP contribution in [0.4, 0.5) is 0 Å². The van der Waals surface area contributed by atoms with Gasteiger partial charge in [0.05, 0.1) is 17.3 Å². The van der Waals surface area contributed by atoms with Crippen molar-refractivity contribution in [3.05, 3.63) is 35.4 Å². The lowest BCUT2D eigenvalue weighted by Crippen LogP contribution is -2.47. The van der Waals surface area contributed by atoms with Gasteiger partial charge in [-0.15, -0.1) is 0 Å². The van der Waals surface area contributed by atoms with Crippen molar-refractivity contribution < 1.29 is 16.8 Å². The van der Waals surface area contributed by atoms with Gasteiger partial charge in [-0.05, 0) is 24.5 Å². The van der Waals surface area contributed by atoms with Crippen molar-refractivity contribution in [2.24, 2.45) is 5.73 Å². The Morgan fingerprint density at radius 3 is 2.57 bits per heavy atom. The summed E-state index contributed by atoms with van der Waals surface area (Å²) in [6, 6.07) is 7.04. The maximum atomic E-state index is 12.2. The van der Waals surface area contributed by atoms with Crippen LogP contribution in [0.2, 0.25) is 0 Å². The normalized spacial score (nSPS) is 25.0. The summed E-state index contributed by atoms with van der Waals surface area (Å²) in [7, 11) is -6.76. The number of nitrogens with two attached hydrogens (primary N) is 1. The monoisotopic (exact) mass is 332 g/mol. The molecule has 1 unspecified atom stereocenters. The zero-order chi connectivity index (χ0) is 15.7. The molecule has 8 heteroatoms. The zero-order valence-corrected chi connectivity index (χ0v) is 13.5. The van der Waals surface area contributed by atoms with E-state index in [-0.39, 0.29) is 17.3 Å². The van der Waals surface area contributed by atoms with Gasteiger partial charge in [-0.25, -0.2) is 21.6 Å². The van der Waals surface area contributed by atoms with Crippen LogP contribution < -0.4 is 10.5 Å². The highest BCUT2D eigenvalue weighted by atomic mass is 32.2. The lowest BCUT2D eigenvalue weighted by molar-refractivity contribution is 0.461. The molecule has 1 aromatic rings. The van der Waals surface area contributed by atoms with Crippen LogP contribution in [0.5, 0.6) is 0 Å². The van der Waals surface area contributed by atoms with E-state index in [1.165, 1.54) is 0 Å². The number of hydrogen-bond acceptors (Lipinski definition) is 5. The molecule has 6 nitrogen and oxygen atoms in total. The second-order valence-corrected chi connectivity index (χ2v) is 9.69. The molecule has 1 atom stereocenters. The first-order chi connectivity index (χ1) is 9.63. The average Bonchev–Trinajstić information content (AvgIpc) is 2.61. The molecule has 3 N–H and O–H groups in total. The van der Waals surface area contributed by atoms with Crippen LogP contribution in [0.3, 0.4) is 0 Å². The smallest absolute Gasteiger partial charge is 0.216 e. The van der Waals surface area contributed by atoms with Crippen LogP contribution in [0.1, 0.15) is 24.5 Å². The predicted molar refractivity (Wildman–Crippen MR) is 81.8 cm³/mol. The van der Waals surface area contributed by atoms with Crippen molar-refractivity contribution in [1.29, 1.82) is 0 Å². The molecule has 2 rings (SSSR count). The van der Waals surface area contributed by atoms with Crippen molar-refractivity contribution in [2.45, 2.75) is 31.2 Å². The molecule has 0 radical (unpaired) electrons. The van der Waals surface area contributed by atoms with Gasteiger partial charge in [0.1, 0.15) is 0 Å². The summed E-state index contributed by atoms with van der Waals surface area (Å²) in [4.78, 5) is 0. The second-order valence-electron chi connectivity index (χ2n) is 5.79. The molecule has 1 aromatic carbocycles. The van der Waals surface area contributed by atoms with Gasteiger partial charge >= 0.3 is 0 Å².